The topological polar surface area (TPSA) is 46.2 Å². The maximum atomic E-state index is 8.82. The second-order valence-corrected chi connectivity index (χ2v) is 5.57. The Hall–Kier alpha value is -0.660. The molecule has 0 spiro atoms. The Balaban J connectivity index is 2.06. The van der Waals surface area contributed by atoms with Crippen LogP contribution in [-0.2, 0) is 0 Å². The fraction of sp³-hybridized carbons (Fsp3) is 0.857. The van der Waals surface area contributed by atoms with Crippen LogP contribution >= 0.6 is 0 Å². The van der Waals surface area contributed by atoms with E-state index in [0.29, 0.717) is 5.41 Å². The first-order valence-electron chi connectivity index (χ1n) is 6.73. The molecule has 1 aliphatic rings. The number of rotatable bonds is 8. The zero-order valence-electron chi connectivity index (χ0n) is 10.8. The van der Waals surface area contributed by atoms with Gasteiger partial charge in [0.2, 0.25) is 0 Å². The SMILES string of the molecule is CCCCC[C@@]1(C)C[C@H]1CCC/C=C(\N)O. The van der Waals surface area contributed by atoms with Gasteiger partial charge >= 0.3 is 0 Å². The Bertz CT molecular complexity index is 233. The molecule has 1 saturated carbocycles. The molecule has 0 heterocycles. The Labute approximate surface area is 99.9 Å². The molecule has 2 atom stereocenters. The van der Waals surface area contributed by atoms with Crippen molar-refractivity contribution >= 4 is 0 Å². The van der Waals surface area contributed by atoms with Crippen molar-refractivity contribution in [3.8, 4) is 0 Å². The highest BCUT2D eigenvalue weighted by molar-refractivity contribution is 4.98. The fourth-order valence-electron chi connectivity index (χ4n) is 2.65. The van der Waals surface area contributed by atoms with Crippen LogP contribution in [0.3, 0.4) is 0 Å². The molecule has 1 fully saturated rings. The Morgan fingerprint density at radius 2 is 2.19 bits per heavy atom. The first-order chi connectivity index (χ1) is 7.58. The van der Waals surface area contributed by atoms with Crippen LogP contribution in [0.15, 0.2) is 12.0 Å². The third-order valence-electron chi connectivity index (χ3n) is 4.00. The van der Waals surface area contributed by atoms with Crippen LogP contribution in [0.25, 0.3) is 0 Å². The molecule has 2 heteroatoms. The molecule has 94 valence electrons. The Morgan fingerprint density at radius 3 is 2.81 bits per heavy atom. The minimum atomic E-state index is -0.0264. The van der Waals surface area contributed by atoms with Crippen molar-refractivity contribution in [2.75, 3.05) is 0 Å². The summed E-state index contributed by atoms with van der Waals surface area (Å²) in [4.78, 5) is 0. The zero-order chi connectivity index (χ0) is 12.0. The highest BCUT2D eigenvalue weighted by Gasteiger charge is 2.47. The number of hydrogen-bond donors (Lipinski definition) is 2. The molecule has 0 saturated heterocycles. The van der Waals surface area contributed by atoms with E-state index in [2.05, 4.69) is 13.8 Å². The van der Waals surface area contributed by atoms with Gasteiger partial charge in [-0.15, -0.1) is 0 Å². The molecule has 2 nitrogen and oxygen atoms in total. The van der Waals surface area contributed by atoms with Gasteiger partial charge < -0.3 is 10.8 Å². The van der Waals surface area contributed by atoms with Crippen LogP contribution in [-0.4, -0.2) is 5.11 Å². The van der Waals surface area contributed by atoms with E-state index in [4.69, 9.17) is 10.8 Å². The highest BCUT2D eigenvalue weighted by Crippen LogP contribution is 2.58. The summed E-state index contributed by atoms with van der Waals surface area (Å²) in [6.45, 7) is 4.70. The summed E-state index contributed by atoms with van der Waals surface area (Å²) in [5, 5.41) is 8.82. The first kappa shape index (κ1) is 13.4. The van der Waals surface area contributed by atoms with Crippen LogP contribution in [0.2, 0.25) is 0 Å². The summed E-state index contributed by atoms with van der Waals surface area (Å²) in [5.41, 5.74) is 5.82. The van der Waals surface area contributed by atoms with Gasteiger partial charge in [0.15, 0.2) is 5.88 Å². The lowest BCUT2D eigenvalue weighted by atomic mass is 9.96. The second-order valence-electron chi connectivity index (χ2n) is 5.57. The van der Waals surface area contributed by atoms with Crippen LogP contribution < -0.4 is 5.73 Å². The summed E-state index contributed by atoms with van der Waals surface area (Å²) in [6.07, 6.45) is 12.0. The van der Waals surface area contributed by atoms with E-state index in [9.17, 15) is 0 Å². The van der Waals surface area contributed by atoms with E-state index < -0.39 is 0 Å². The Kier molecular flexibility index (Phi) is 5.17. The summed E-state index contributed by atoms with van der Waals surface area (Å²) in [6, 6.07) is 0. The first-order valence-corrected chi connectivity index (χ1v) is 6.73. The van der Waals surface area contributed by atoms with Gasteiger partial charge in [0.1, 0.15) is 0 Å². The second kappa shape index (κ2) is 6.17. The maximum Gasteiger partial charge on any atom is 0.177 e. The normalized spacial score (nSPS) is 29.4. The van der Waals surface area contributed by atoms with E-state index in [1.54, 1.807) is 6.08 Å². The number of aliphatic hydroxyl groups is 1. The predicted molar refractivity (Wildman–Crippen MR) is 69.1 cm³/mol. The van der Waals surface area contributed by atoms with Crippen LogP contribution in [0.4, 0.5) is 0 Å². The third-order valence-corrected chi connectivity index (χ3v) is 4.00. The largest absolute Gasteiger partial charge is 0.495 e. The standard InChI is InChI=1S/C14H27NO/c1-3-4-7-10-14(2)11-12(14)8-5-6-9-13(15)16/h9,12,16H,3-8,10-11,15H2,1-2H3/b13-9+/t12-,14+/m1/s1. The van der Waals surface area contributed by atoms with Gasteiger partial charge in [0, 0.05) is 0 Å². The number of unbranched alkanes of at least 4 members (excludes halogenated alkanes) is 3. The molecular weight excluding hydrogens is 198 g/mol. The number of aliphatic hydroxyl groups excluding tert-OH is 1. The smallest absolute Gasteiger partial charge is 0.177 e. The van der Waals surface area contributed by atoms with Crippen molar-refractivity contribution in [2.45, 2.75) is 65.2 Å². The van der Waals surface area contributed by atoms with E-state index in [0.717, 1.165) is 18.8 Å². The monoisotopic (exact) mass is 225 g/mol. The third kappa shape index (κ3) is 4.46. The van der Waals surface area contributed by atoms with E-state index in [1.165, 1.54) is 38.5 Å². The molecule has 0 aromatic heterocycles. The maximum absolute atomic E-state index is 8.82. The van der Waals surface area contributed by atoms with Gasteiger partial charge in [-0.05, 0) is 49.5 Å². The van der Waals surface area contributed by atoms with Crippen molar-refractivity contribution in [1.29, 1.82) is 0 Å². The van der Waals surface area contributed by atoms with E-state index in [-0.39, 0.29) is 5.88 Å². The van der Waals surface area contributed by atoms with Crippen molar-refractivity contribution in [3.63, 3.8) is 0 Å². The summed E-state index contributed by atoms with van der Waals surface area (Å²) >= 11 is 0. The molecule has 0 radical (unpaired) electrons. The number of hydrogen-bond acceptors (Lipinski definition) is 2. The minimum Gasteiger partial charge on any atom is -0.495 e. The van der Waals surface area contributed by atoms with Crippen LogP contribution in [0.1, 0.15) is 65.2 Å². The quantitative estimate of drug-likeness (QED) is 0.482. The zero-order valence-corrected chi connectivity index (χ0v) is 10.8. The molecule has 0 unspecified atom stereocenters. The minimum absolute atomic E-state index is 0.0264. The molecule has 3 N–H and O–H groups in total. The Morgan fingerprint density at radius 1 is 1.44 bits per heavy atom. The molecule has 0 aliphatic heterocycles. The van der Waals surface area contributed by atoms with Crippen molar-refractivity contribution in [3.05, 3.63) is 12.0 Å². The number of allylic oxidation sites excluding steroid dienone is 1. The molecule has 0 bridgehead atoms. The van der Waals surface area contributed by atoms with Crippen molar-refractivity contribution in [1.82, 2.24) is 0 Å². The molecule has 1 rings (SSSR count). The van der Waals surface area contributed by atoms with Gasteiger partial charge in [0.25, 0.3) is 0 Å². The lowest BCUT2D eigenvalue weighted by Gasteiger charge is -2.10. The molecule has 0 aromatic carbocycles. The fourth-order valence-corrected chi connectivity index (χ4v) is 2.65. The van der Waals surface area contributed by atoms with Crippen LogP contribution in [0, 0.1) is 11.3 Å². The average Bonchev–Trinajstić information content (AvgIpc) is 2.85. The molecular formula is C14H27NO. The molecule has 0 amide bonds. The lowest BCUT2D eigenvalue weighted by molar-refractivity contribution is 0.399. The van der Waals surface area contributed by atoms with Crippen molar-refractivity contribution in [2.24, 2.45) is 17.1 Å². The summed E-state index contributed by atoms with van der Waals surface area (Å²) in [7, 11) is 0. The lowest BCUT2D eigenvalue weighted by Crippen LogP contribution is -1.98. The molecule has 16 heavy (non-hydrogen) atoms. The van der Waals surface area contributed by atoms with Gasteiger partial charge in [-0.3, -0.25) is 0 Å². The van der Waals surface area contributed by atoms with Gasteiger partial charge in [0.05, 0.1) is 0 Å². The summed E-state index contributed by atoms with van der Waals surface area (Å²) < 4.78 is 0. The number of nitrogens with two attached hydrogens (primary N) is 1. The van der Waals surface area contributed by atoms with Gasteiger partial charge in [-0.25, -0.2) is 0 Å². The average molecular weight is 225 g/mol. The molecule has 1 aliphatic carbocycles. The van der Waals surface area contributed by atoms with Crippen LogP contribution in [0.5, 0.6) is 0 Å². The molecule has 0 aromatic rings. The van der Waals surface area contributed by atoms with Crippen molar-refractivity contribution < 1.29 is 5.11 Å². The van der Waals surface area contributed by atoms with E-state index >= 15 is 0 Å². The van der Waals surface area contributed by atoms with E-state index in [1.807, 2.05) is 0 Å². The van der Waals surface area contributed by atoms with Gasteiger partial charge in [-0.2, -0.15) is 0 Å². The highest BCUT2D eigenvalue weighted by atomic mass is 16.3. The van der Waals surface area contributed by atoms with Gasteiger partial charge in [-0.1, -0.05) is 33.1 Å². The predicted octanol–water partition coefficient (Wildman–Crippen LogP) is 4.12. The summed E-state index contributed by atoms with van der Waals surface area (Å²) in [5.74, 6) is 0.902.